The summed E-state index contributed by atoms with van der Waals surface area (Å²) in [5, 5.41) is 24.7. The van der Waals surface area contributed by atoms with Crippen LogP contribution in [-0.4, -0.2) is 53.9 Å². The highest BCUT2D eigenvalue weighted by atomic mass is 35.5. The zero-order valence-corrected chi connectivity index (χ0v) is 22.6. The van der Waals surface area contributed by atoms with Crippen LogP contribution >= 0.6 is 11.6 Å². The van der Waals surface area contributed by atoms with Gasteiger partial charge in [-0.3, -0.25) is 9.59 Å². The molecular formula is C26H28ClF3N2O6S. The Hall–Kier alpha value is -2.67. The van der Waals surface area contributed by atoms with Gasteiger partial charge in [0.15, 0.2) is 27.3 Å². The molecule has 2 bridgehead atoms. The van der Waals surface area contributed by atoms with E-state index in [0.717, 1.165) is 6.07 Å². The number of carboxylic acid groups (broad SMARTS) is 1. The standard InChI is InChI=1S/C26H28ClF3N2O6S/c1-12(2)23(25(34)35)31-11-26(36)14-6-15(26)8-17(7-14)39(37,38)21-5-13(3-4-18(21)27)24(33)32-16-9-19(28)22(30)20(29)10-16/h3-5,9-10,12,14-15,17,23,31,36H,6-8,11H2,1-2H3,(H,32,33)(H,34,35)/t14?,15?,17-,23-,26-/m0/s1. The number of hydrogen-bond acceptors (Lipinski definition) is 6. The molecule has 0 spiro atoms. The molecule has 212 valence electrons. The predicted molar refractivity (Wildman–Crippen MR) is 137 cm³/mol. The second-order valence-corrected chi connectivity index (χ2v) is 13.2. The summed E-state index contributed by atoms with van der Waals surface area (Å²) in [5.41, 5.74) is -1.75. The molecule has 2 unspecified atom stereocenters. The lowest BCUT2D eigenvalue weighted by molar-refractivity contribution is -0.174. The first-order valence-corrected chi connectivity index (χ1v) is 14.3. The minimum Gasteiger partial charge on any atom is -0.480 e. The lowest BCUT2D eigenvalue weighted by atomic mass is 9.53. The lowest BCUT2D eigenvalue weighted by Crippen LogP contribution is -2.67. The van der Waals surface area contributed by atoms with Crippen LogP contribution < -0.4 is 10.6 Å². The van der Waals surface area contributed by atoms with Crippen molar-refractivity contribution in [2.75, 3.05) is 11.9 Å². The van der Waals surface area contributed by atoms with Crippen molar-refractivity contribution < 1.29 is 41.4 Å². The number of carbonyl (C=O) groups is 2. The van der Waals surface area contributed by atoms with Crippen molar-refractivity contribution in [2.24, 2.45) is 17.8 Å². The first-order chi connectivity index (χ1) is 18.1. The Morgan fingerprint density at radius 3 is 2.21 bits per heavy atom. The highest BCUT2D eigenvalue weighted by Gasteiger charge is 2.60. The van der Waals surface area contributed by atoms with Crippen LogP contribution in [0, 0.1) is 35.2 Å². The molecule has 0 saturated heterocycles. The van der Waals surface area contributed by atoms with Gasteiger partial charge >= 0.3 is 5.97 Å². The van der Waals surface area contributed by atoms with E-state index in [0.29, 0.717) is 18.6 Å². The Labute approximate surface area is 228 Å². The number of benzene rings is 2. The van der Waals surface area contributed by atoms with Gasteiger partial charge in [-0.25, -0.2) is 21.6 Å². The number of sulfone groups is 1. The fourth-order valence-corrected chi connectivity index (χ4v) is 7.95. The molecule has 0 aromatic heterocycles. The van der Waals surface area contributed by atoms with Gasteiger partial charge in [-0.05, 0) is 55.2 Å². The Bertz CT molecular complexity index is 1390. The fourth-order valence-electron chi connectivity index (χ4n) is 5.55. The van der Waals surface area contributed by atoms with Crippen LogP contribution in [0.25, 0.3) is 0 Å². The molecular weight excluding hydrogens is 561 g/mol. The van der Waals surface area contributed by atoms with Crippen molar-refractivity contribution in [2.45, 2.75) is 54.9 Å². The van der Waals surface area contributed by atoms with Gasteiger partial charge in [0.05, 0.1) is 20.8 Å². The molecule has 2 aromatic carbocycles. The first kappa shape index (κ1) is 29.3. The summed E-state index contributed by atoms with van der Waals surface area (Å²) in [7, 11) is -4.06. The first-order valence-electron chi connectivity index (χ1n) is 12.3. The second kappa shape index (κ2) is 10.7. The number of anilines is 1. The molecule has 39 heavy (non-hydrogen) atoms. The number of rotatable bonds is 9. The van der Waals surface area contributed by atoms with Crippen LogP contribution in [0.2, 0.25) is 5.02 Å². The van der Waals surface area contributed by atoms with Crippen LogP contribution in [0.1, 0.15) is 43.5 Å². The number of nitrogens with one attached hydrogen (secondary N) is 2. The van der Waals surface area contributed by atoms with Crippen molar-refractivity contribution >= 4 is 39.0 Å². The van der Waals surface area contributed by atoms with Crippen molar-refractivity contribution in [1.82, 2.24) is 5.32 Å². The largest absolute Gasteiger partial charge is 0.480 e. The van der Waals surface area contributed by atoms with Gasteiger partial charge in [-0.15, -0.1) is 0 Å². The van der Waals surface area contributed by atoms with Crippen molar-refractivity contribution in [1.29, 1.82) is 0 Å². The normalized spacial score (nSPS) is 25.2. The highest BCUT2D eigenvalue weighted by molar-refractivity contribution is 7.92. The third-order valence-electron chi connectivity index (χ3n) is 7.80. The number of carboxylic acids is 1. The Morgan fingerprint density at radius 1 is 1.08 bits per heavy atom. The van der Waals surface area contributed by atoms with Gasteiger partial charge < -0.3 is 20.8 Å². The third-order valence-corrected chi connectivity index (χ3v) is 10.5. The highest BCUT2D eigenvalue weighted by Crippen LogP contribution is 2.55. The van der Waals surface area contributed by atoms with E-state index in [1.54, 1.807) is 13.8 Å². The SMILES string of the molecule is CC(C)[C@H](NC[C@]1(O)C2CC1C[C@@H](S(=O)(=O)c1cc(C(=O)Nc3cc(F)c(F)c(F)c3)ccc1Cl)C2)C(=O)O. The van der Waals surface area contributed by atoms with Gasteiger partial charge in [0, 0.05) is 29.9 Å². The number of amides is 1. The van der Waals surface area contributed by atoms with E-state index in [4.69, 9.17) is 11.6 Å². The summed E-state index contributed by atoms with van der Waals surface area (Å²) >= 11 is 6.20. The van der Waals surface area contributed by atoms with Crippen LogP contribution in [-0.2, 0) is 14.6 Å². The topological polar surface area (TPSA) is 133 Å². The molecule has 4 N–H and O–H groups in total. The van der Waals surface area contributed by atoms with E-state index in [1.807, 2.05) is 0 Å². The zero-order valence-electron chi connectivity index (χ0n) is 21.0. The maximum Gasteiger partial charge on any atom is 0.320 e. The molecule has 3 fully saturated rings. The predicted octanol–water partition coefficient (Wildman–Crippen LogP) is 4.01. The van der Waals surface area contributed by atoms with E-state index < -0.39 is 56.1 Å². The van der Waals surface area contributed by atoms with Gasteiger partial charge in [-0.1, -0.05) is 25.4 Å². The third kappa shape index (κ3) is 5.52. The molecule has 0 aliphatic heterocycles. The molecule has 3 aliphatic rings. The minimum absolute atomic E-state index is 0.0191. The van der Waals surface area contributed by atoms with E-state index >= 15 is 0 Å². The van der Waals surface area contributed by atoms with Crippen molar-refractivity contribution in [3.8, 4) is 0 Å². The lowest BCUT2D eigenvalue weighted by Gasteiger charge is -2.58. The number of aliphatic hydroxyl groups is 1. The molecule has 1 amide bonds. The number of hydrogen-bond donors (Lipinski definition) is 4. The van der Waals surface area contributed by atoms with Crippen LogP contribution in [0.4, 0.5) is 18.9 Å². The molecule has 3 aliphatic carbocycles. The Balaban J connectivity index is 1.50. The summed E-state index contributed by atoms with van der Waals surface area (Å²) in [5.74, 6) is -7.59. The van der Waals surface area contributed by atoms with Gasteiger partial charge in [0.2, 0.25) is 0 Å². The Kier molecular flexibility index (Phi) is 8.06. The average Bonchev–Trinajstić information content (AvgIpc) is 2.86. The summed E-state index contributed by atoms with van der Waals surface area (Å²) < 4.78 is 67.3. The van der Waals surface area contributed by atoms with Crippen LogP contribution in [0.3, 0.4) is 0 Å². The maximum absolute atomic E-state index is 13.6. The molecule has 5 rings (SSSR count). The summed E-state index contributed by atoms with van der Waals surface area (Å²) in [6.45, 7) is 3.51. The fraction of sp³-hybridized carbons (Fsp3) is 0.462. The molecule has 3 atom stereocenters. The smallest absolute Gasteiger partial charge is 0.320 e. The molecule has 0 heterocycles. The van der Waals surface area contributed by atoms with Crippen molar-refractivity contribution in [3.63, 3.8) is 0 Å². The summed E-state index contributed by atoms with van der Waals surface area (Å²) in [6, 6.07) is 3.85. The summed E-state index contributed by atoms with van der Waals surface area (Å²) in [4.78, 5) is 23.9. The molecule has 13 heteroatoms. The quantitative estimate of drug-likeness (QED) is 0.325. The van der Waals surface area contributed by atoms with E-state index in [2.05, 4.69) is 10.6 Å². The number of halogens is 4. The number of carbonyl (C=O) groups excluding carboxylic acids is 1. The second-order valence-electron chi connectivity index (χ2n) is 10.6. The molecule has 2 aromatic rings. The monoisotopic (exact) mass is 588 g/mol. The van der Waals surface area contributed by atoms with E-state index in [9.17, 15) is 41.4 Å². The van der Waals surface area contributed by atoms with Gasteiger partial charge in [0.1, 0.15) is 6.04 Å². The number of aliphatic carboxylic acids is 1. The number of fused-ring (bicyclic) bond motifs is 2. The van der Waals surface area contributed by atoms with Gasteiger partial charge in [0.25, 0.3) is 5.91 Å². The average molecular weight is 589 g/mol. The van der Waals surface area contributed by atoms with Crippen LogP contribution in [0.5, 0.6) is 0 Å². The molecule has 8 nitrogen and oxygen atoms in total. The maximum atomic E-state index is 13.6. The van der Waals surface area contributed by atoms with Crippen LogP contribution in [0.15, 0.2) is 35.2 Å². The molecule has 0 radical (unpaired) electrons. The van der Waals surface area contributed by atoms with Crippen molar-refractivity contribution in [3.05, 3.63) is 58.4 Å². The molecule has 3 saturated carbocycles. The minimum atomic E-state index is -4.06. The van der Waals surface area contributed by atoms with Gasteiger partial charge in [-0.2, -0.15) is 0 Å². The van der Waals surface area contributed by atoms with E-state index in [-0.39, 0.29) is 58.3 Å². The Morgan fingerprint density at radius 2 is 1.67 bits per heavy atom. The van der Waals surface area contributed by atoms with E-state index in [1.165, 1.54) is 12.1 Å². The summed E-state index contributed by atoms with van der Waals surface area (Å²) in [6.07, 6.45) is 0.846. The zero-order chi connectivity index (χ0) is 28.9.